The molecule has 114 valence electrons. The minimum absolute atomic E-state index is 0.103. The largest absolute Gasteiger partial charge is 0.453 e. The minimum Gasteiger partial charge on any atom is -0.300 e. The van der Waals surface area contributed by atoms with E-state index in [9.17, 15) is 26.7 Å². The topological polar surface area (TPSA) is 40.9 Å². The summed E-state index contributed by atoms with van der Waals surface area (Å²) in [5, 5.41) is 8.34. The number of hydrogen-bond acceptors (Lipinski definition) is 3. The molecule has 1 unspecified atom stereocenters. The number of rotatable bonds is 5. The lowest BCUT2D eigenvalue weighted by molar-refractivity contribution is -0.282. The molecule has 8 heteroatoms. The molecule has 1 aliphatic rings. The number of nitrogens with zero attached hydrogens (tertiary/aromatic N) is 1. The lowest BCUT2D eigenvalue weighted by atomic mass is 9.86. The summed E-state index contributed by atoms with van der Waals surface area (Å²) in [5.41, 5.74) is 0. The summed E-state index contributed by atoms with van der Waals surface area (Å²) in [4.78, 5) is 11.1. The van der Waals surface area contributed by atoms with Gasteiger partial charge in [0.25, 0.3) is 0 Å². The van der Waals surface area contributed by atoms with E-state index in [0.29, 0.717) is 25.7 Å². The van der Waals surface area contributed by atoms with Crippen LogP contribution in [0.25, 0.3) is 0 Å². The molecule has 0 aromatic heterocycles. The van der Waals surface area contributed by atoms with E-state index in [1.165, 1.54) is 0 Å². The molecular formula is C12H14F5NOS. The number of ketones is 1. The van der Waals surface area contributed by atoms with Gasteiger partial charge in [0.2, 0.25) is 0 Å². The van der Waals surface area contributed by atoms with Crippen LogP contribution in [0, 0.1) is 17.2 Å². The van der Waals surface area contributed by atoms with Gasteiger partial charge in [0.1, 0.15) is 5.78 Å². The van der Waals surface area contributed by atoms with Gasteiger partial charge >= 0.3 is 12.1 Å². The molecule has 0 spiro atoms. The molecule has 1 rings (SSSR count). The molecule has 0 bridgehead atoms. The fraction of sp³-hybridized carbons (Fsp3) is 0.833. The van der Waals surface area contributed by atoms with Gasteiger partial charge in [-0.2, -0.15) is 27.2 Å². The Morgan fingerprint density at radius 1 is 1.25 bits per heavy atom. The summed E-state index contributed by atoms with van der Waals surface area (Å²) in [6, 6.07) is 1.94. The number of halogens is 5. The monoisotopic (exact) mass is 315 g/mol. The van der Waals surface area contributed by atoms with Crippen molar-refractivity contribution in [2.45, 2.75) is 49.5 Å². The highest BCUT2D eigenvalue weighted by Crippen LogP contribution is 2.40. The normalized spacial score (nSPS) is 19.7. The first kappa shape index (κ1) is 17.2. The molecule has 0 N–H and O–H groups in total. The molecule has 1 saturated carbocycles. The van der Waals surface area contributed by atoms with E-state index in [0.717, 1.165) is 11.8 Å². The van der Waals surface area contributed by atoms with Crippen LogP contribution >= 0.6 is 11.8 Å². The van der Waals surface area contributed by atoms with Gasteiger partial charge in [-0.3, -0.25) is 4.79 Å². The van der Waals surface area contributed by atoms with Crippen LogP contribution in [-0.4, -0.2) is 28.9 Å². The molecule has 1 atom stereocenters. The van der Waals surface area contributed by atoms with Crippen molar-refractivity contribution in [2.75, 3.05) is 5.75 Å². The van der Waals surface area contributed by atoms with E-state index in [1.54, 1.807) is 0 Å². The number of nitriles is 1. The maximum Gasteiger partial charge on any atom is 0.453 e. The Balaban J connectivity index is 2.43. The number of carbonyl (C=O) groups excluding carboxylic acids is 1. The average Bonchev–Trinajstić information content (AvgIpc) is 2.34. The molecule has 0 aromatic carbocycles. The predicted molar refractivity (Wildman–Crippen MR) is 64.4 cm³/mol. The highest BCUT2D eigenvalue weighted by atomic mass is 32.2. The molecule has 0 saturated heterocycles. The van der Waals surface area contributed by atoms with E-state index < -0.39 is 29.5 Å². The average molecular weight is 315 g/mol. The van der Waals surface area contributed by atoms with Gasteiger partial charge < -0.3 is 0 Å². The van der Waals surface area contributed by atoms with Crippen molar-refractivity contribution in [1.82, 2.24) is 0 Å². The van der Waals surface area contributed by atoms with Crippen molar-refractivity contribution in [3.63, 3.8) is 0 Å². The van der Waals surface area contributed by atoms with Crippen LogP contribution in [0.2, 0.25) is 0 Å². The Bertz CT molecular complexity index is 380. The van der Waals surface area contributed by atoms with Crippen LogP contribution < -0.4 is 0 Å². The second-order valence-corrected chi connectivity index (χ2v) is 6.00. The fourth-order valence-electron chi connectivity index (χ4n) is 2.00. The van der Waals surface area contributed by atoms with Crippen molar-refractivity contribution in [3.8, 4) is 6.07 Å². The Morgan fingerprint density at radius 3 is 2.25 bits per heavy atom. The van der Waals surface area contributed by atoms with Crippen LogP contribution in [-0.2, 0) is 4.79 Å². The summed E-state index contributed by atoms with van der Waals surface area (Å²) < 4.78 is 61.4. The van der Waals surface area contributed by atoms with E-state index >= 15 is 0 Å². The smallest absolute Gasteiger partial charge is 0.300 e. The SMILES string of the molecule is N#CC(SCCC(F)(F)C(F)(F)F)C1CCC(=O)CC1. The van der Waals surface area contributed by atoms with Gasteiger partial charge in [-0.05, 0) is 18.8 Å². The van der Waals surface area contributed by atoms with E-state index in [2.05, 4.69) is 0 Å². The molecule has 0 aliphatic heterocycles. The number of carbonyl (C=O) groups is 1. The van der Waals surface area contributed by atoms with Crippen molar-refractivity contribution >= 4 is 17.5 Å². The summed E-state index contributed by atoms with van der Waals surface area (Å²) in [5.74, 6) is -5.16. The van der Waals surface area contributed by atoms with Gasteiger partial charge in [0.05, 0.1) is 11.3 Å². The van der Waals surface area contributed by atoms with Crippen molar-refractivity contribution in [2.24, 2.45) is 5.92 Å². The summed E-state index contributed by atoms with van der Waals surface area (Å²) in [6.45, 7) is 0. The number of thioether (sulfide) groups is 1. The highest BCUT2D eigenvalue weighted by Gasteiger charge is 2.56. The Hall–Kier alpha value is -0.840. The quantitative estimate of drug-likeness (QED) is 0.721. The zero-order chi connectivity index (χ0) is 15.4. The molecule has 0 amide bonds. The molecule has 20 heavy (non-hydrogen) atoms. The fourth-order valence-corrected chi connectivity index (χ4v) is 3.25. The third-order valence-corrected chi connectivity index (χ3v) is 4.56. The summed E-state index contributed by atoms with van der Waals surface area (Å²) in [6.07, 6.45) is -5.18. The zero-order valence-corrected chi connectivity index (χ0v) is 11.4. The maximum absolute atomic E-state index is 12.7. The first-order valence-corrected chi connectivity index (χ1v) is 7.19. The van der Waals surface area contributed by atoms with E-state index in [1.807, 2.05) is 6.07 Å². The highest BCUT2D eigenvalue weighted by molar-refractivity contribution is 8.00. The van der Waals surface area contributed by atoms with E-state index in [4.69, 9.17) is 5.26 Å². The van der Waals surface area contributed by atoms with Gasteiger partial charge in [-0.25, -0.2) is 0 Å². The summed E-state index contributed by atoms with van der Waals surface area (Å²) in [7, 11) is 0. The third-order valence-electron chi connectivity index (χ3n) is 3.27. The molecular weight excluding hydrogens is 301 g/mol. The molecule has 0 heterocycles. The van der Waals surface area contributed by atoms with Crippen molar-refractivity contribution in [3.05, 3.63) is 0 Å². The van der Waals surface area contributed by atoms with E-state index in [-0.39, 0.29) is 11.7 Å². The van der Waals surface area contributed by atoms with Crippen molar-refractivity contribution in [1.29, 1.82) is 5.26 Å². The zero-order valence-electron chi connectivity index (χ0n) is 10.6. The standard InChI is InChI=1S/C12H14F5NOS/c13-11(14,12(15,16)17)5-6-20-10(7-18)8-1-3-9(19)4-2-8/h8,10H,1-6H2. The Kier molecular flexibility index (Phi) is 5.80. The molecule has 2 nitrogen and oxygen atoms in total. The maximum atomic E-state index is 12.7. The third kappa shape index (κ3) is 4.62. The second kappa shape index (κ2) is 6.74. The van der Waals surface area contributed by atoms with Crippen LogP contribution in [0.5, 0.6) is 0 Å². The first-order valence-electron chi connectivity index (χ1n) is 6.15. The molecule has 0 radical (unpaired) electrons. The van der Waals surface area contributed by atoms with Gasteiger partial charge in [0.15, 0.2) is 0 Å². The van der Waals surface area contributed by atoms with Crippen LogP contribution in [0.4, 0.5) is 22.0 Å². The molecule has 0 aromatic rings. The molecule has 1 fully saturated rings. The lowest BCUT2D eigenvalue weighted by Gasteiger charge is -2.25. The number of hydrogen-bond donors (Lipinski definition) is 0. The van der Waals surface area contributed by atoms with Gasteiger partial charge in [0, 0.05) is 25.0 Å². The number of alkyl halides is 5. The Labute approximate surface area is 117 Å². The minimum atomic E-state index is -5.55. The summed E-state index contributed by atoms with van der Waals surface area (Å²) >= 11 is 0.820. The predicted octanol–water partition coefficient (Wildman–Crippen LogP) is 3.96. The van der Waals surface area contributed by atoms with Gasteiger partial charge in [-0.15, -0.1) is 11.8 Å². The molecule has 1 aliphatic carbocycles. The van der Waals surface area contributed by atoms with Gasteiger partial charge in [-0.1, -0.05) is 0 Å². The van der Waals surface area contributed by atoms with Crippen LogP contribution in [0.15, 0.2) is 0 Å². The second-order valence-electron chi connectivity index (χ2n) is 4.75. The first-order chi connectivity index (χ1) is 9.17. The Morgan fingerprint density at radius 2 is 1.80 bits per heavy atom. The van der Waals surface area contributed by atoms with Crippen LogP contribution in [0.3, 0.4) is 0 Å². The van der Waals surface area contributed by atoms with Crippen molar-refractivity contribution < 1.29 is 26.7 Å². The number of Topliss-reactive ketones (excluding diaryl/α,β-unsaturated/α-hetero) is 1. The lowest BCUT2D eigenvalue weighted by Crippen LogP contribution is -2.37. The van der Waals surface area contributed by atoms with Crippen LogP contribution in [0.1, 0.15) is 32.1 Å².